The van der Waals surface area contributed by atoms with Crippen molar-refractivity contribution in [3.8, 4) is 0 Å². The molecular weight excluding hydrogens is 184 g/mol. The number of hydrogen-bond acceptors (Lipinski definition) is 4. The van der Waals surface area contributed by atoms with Crippen LogP contribution in [-0.4, -0.2) is 53.9 Å². The second-order valence-electron chi connectivity index (χ2n) is 4.15. The Morgan fingerprint density at radius 2 is 2.43 bits per heavy atom. The number of likely N-dealkylation sites (tertiary alicyclic amines) is 1. The Balaban J connectivity index is 2.00. The quantitative estimate of drug-likeness (QED) is 0.551. The third-order valence-electron chi connectivity index (χ3n) is 2.93. The number of hydrogen-bond donors (Lipinski definition) is 2. The molecule has 0 bridgehead atoms. The molecule has 80 valence electrons. The van der Waals surface area contributed by atoms with Gasteiger partial charge in [-0.2, -0.15) is 0 Å². The van der Waals surface area contributed by atoms with Gasteiger partial charge < -0.3 is 20.5 Å². The van der Waals surface area contributed by atoms with Crippen molar-refractivity contribution in [1.29, 1.82) is 0 Å². The van der Waals surface area contributed by atoms with Crippen LogP contribution in [0.5, 0.6) is 0 Å². The number of ether oxygens (including phenoxy) is 1. The van der Waals surface area contributed by atoms with Crippen molar-refractivity contribution in [1.82, 2.24) is 4.90 Å². The third-order valence-corrected chi connectivity index (χ3v) is 2.93. The minimum atomic E-state index is -0.843. The summed E-state index contributed by atoms with van der Waals surface area (Å²) in [5.74, 6) is -0.0773. The molecule has 0 aromatic carbocycles. The van der Waals surface area contributed by atoms with Gasteiger partial charge in [0.15, 0.2) is 0 Å². The highest BCUT2D eigenvalue weighted by atomic mass is 16.5. The zero-order valence-electron chi connectivity index (χ0n) is 8.11. The Morgan fingerprint density at radius 1 is 1.64 bits per heavy atom. The van der Waals surface area contributed by atoms with E-state index in [2.05, 4.69) is 0 Å². The van der Waals surface area contributed by atoms with E-state index >= 15 is 0 Å². The summed E-state index contributed by atoms with van der Waals surface area (Å²) in [6.45, 7) is 1.88. The van der Waals surface area contributed by atoms with Crippen LogP contribution in [0.3, 0.4) is 0 Å². The lowest BCUT2D eigenvalue weighted by Gasteiger charge is -2.26. The molecule has 3 N–H and O–H groups in total. The molecule has 2 fully saturated rings. The van der Waals surface area contributed by atoms with Gasteiger partial charge in [0, 0.05) is 19.7 Å². The minimum Gasteiger partial charge on any atom is -0.391 e. The van der Waals surface area contributed by atoms with Gasteiger partial charge in [0.05, 0.1) is 12.7 Å². The van der Waals surface area contributed by atoms with Crippen molar-refractivity contribution in [3.05, 3.63) is 0 Å². The number of amides is 1. The van der Waals surface area contributed by atoms with Gasteiger partial charge in [-0.25, -0.2) is 0 Å². The van der Waals surface area contributed by atoms with Crippen LogP contribution in [0.25, 0.3) is 0 Å². The van der Waals surface area contributed by atoms with Crippen molar-refractivity contribution in [3.63, 3.8) is 0 Å². The van der Waals surface area contributed by atoms with Gasteiger partial charge in [-0.1, -0.05) is 0 Å². The van der Waals surface area contributed by atoms with Gasteiger partial charge in [0.1, 0.15) is 5.54 Å². The van der Waals surface area contributed by atoms with Gasteiger partial charge in [0.25, 0.3) is 0 Å². The van der Waals surface area contributed by atoms with Crippen LogP contribution >= 0.6 is 0 Å². The highest BCUT2D eigenvalue weighted by Crippen LogP contribution is 2.21. The normalized spacial score (nSPS) is 37.9. The lowest BCUT2D eigenvalue weighted by Crippen LogP contribution is -2.55. The van der Waals surface area contributed by atoms with Crippen molar-refractivity contribution in [2.24, 2.45) is 5.73 Å². The fraction of sp³-hybridized carbons (Fsp3) is 0.889. The summed E-state index contributed by atoms with van der Waals surface area (Å²) in [6, 6.07) is 0. The summed E-state index contributed by atoms with van der Waals surface area (Å²) in [4.78, 5) is 13.6. The molecule has 5 nitrogen and oxygen atoms in total. The van der Waals surface area contributed by atoms with E-state index in [0.29, 0.717) is 39.1 Å². The van der Waals surface area contributed by atoms with Crippen LogP contribution in [0.1, 0.15) is 12.8 Å². The van der Waals surface area contributed by atoms with Crippen molar-refractivity contribution >= 4 is 5.91 Å². The van der Waals surface area contributed by atoms with E-state index in [1.165, 1.54) is 0 Å². The number of rotatable bonds is 1. The Hall–Kier alpha value is -0.650. The molecule has 0 saturated carbocycles. The van der Waals surface area contributed by atoms with Crippen LogP contribution in [0, 0.1) is 0 Å². The maximum absolute atomic E-state index is 11.9. The molecule has 2 aliphatic rings. The summed E-state index contributed by atoms with van der Waals surface area (Å²) >= 11 is 0. The van der Waals surface area contributed by atoms with E-state index in [1.54, 1.807) is 4.90 Å². The number of nitrogens with zero attached hydrogens (tertiary/aromatic N) is 1. The topological polar surface area (TPSA) is 75.8 Å². The maximum atomic E-state index is 11.9. The summed E-state index contributed by atoms with van der Waals surface area (Å²) < 4.78 is 5.13. The summed E-state index contributed by atoms with van der Waals surface area (Å²) in [7, 11) is 0. The number of nitrogens with two attached hydrogens (primary N) is 1. The Morgan fingerprint density at radius 3 is 2.93 bits per heavy atom. The Labute approximate surface area is 82.8 Å². The van der Waals surface area contributed by atoms with E-state index in [0.717, 1.165) is 0 Å². The molecule has 14 heavy (non-hydrogen) atoms. The van der Waals surface area contributed by atoms with Crippen LogP contribution < -0.4 is 5.73 Å². The second-order valence-corrected chi connectivity index (χ2v) is 4.15. The highest BCUT2D eigenvalue weighted by molar-refractivity contribution is 5.86. The number of β-amino-alcohol motifs (C(OH)–C–C–N with tert-alkyl or cyclic N) is 1. The molecule has 2 heterocycles. The van der Waals surface area contributed by atoms with E-state index in [1.807, 2.05) is 0 Å². The predicted molar refractivity (Wildman–Crippen MR) is 49.6 cm³/mol. The molecule has 1 amide bonds. The average Bonchev–Trinajstić information content (AvgIpc) is 2.74. The molecule has 0 aromatic heterocycles. The average molecular weight is 200 g/mol. The summed E-state index contributed by atoms with van der Waals surface area (Å²) in [6.07, 6.45) is 0.853. The lowest BCUT2D eigenvalue weighted by molar-refractivity contribution is -0.136. The molecule has 2 rings (SSSR count). The first-order valence-electron chi connectivity index (χ1n) is 4.96. The first-order chi connectivity index (χ1) is 6.62. The molecule has 0 spiro atoms. The van der Waals surface area contributed by atoms with Crippen LogP contribution in [0.15, 0.2) is 0 Å². The highest BCUT2D eigenvalue weighted by Gasteiger charge is 2.42. The summed E-state index contributed by atoms with van der Waals surface area (Å²) in [5, 5.41) is 9.31. The number of aliphatic hydroxyl groups excluding tert-OH is 1. The van der Waals surface area contributed by atoms with E-state index in [-0.39, 0.29) is 12.0 Å². The standard InChI is InChI=1S/C9H16N2O3/c10-9(2-4-14-6-9)8(13)11-3-1-7(12)5-11/h7,12H,1-6,10H2/t7-,9?/m1/s1. The Kier molecular flexibility index (Phi) is 2.47. The van der Waals surface area contributed by atoms with Crippen molar-refractivity contribution < 1.29 is 14.6 Å². The molecule has 2 saturated heterocycles. The molecular formula is C9H16N2O3. The number of aliphatic hydroxyl groups is 1. The van der Waals surface area contributed by atoms with Crippen LogP contribution in [0.4, 0.5) is 0 Å². The van der Waals surface area contributed by atoms with E-state index in [4.69, 9.17) is 10.5 Å². The molecule has 0 radical (unpaired) electrons. The maximum Gasteiger partial charge on any atom is 0.245 e. The lowest BCUT2D eigenvalue weighted by atomic mass is 9.98. The van der Waals surface area contributed by atoms with Crippen LogP contribution in [0.2, 0.25) is 0 Å². The summed E-state index contributed by atoms with van der Waals surface area (Å²) in [5.41, 5.74) is 5.09. The fourth-order valence-corrected chi connectivity index (χ4v) is 1.99. The third kappa shape index (κ3) is 1.63. The molecule has 2 atom stereocenters. The van der Waals surface area contributed by atoms with Crippen molar-refractivity contribution in [2.75, 3.05) is 26.3 Å². The molecule has 1 unspecified atom stereocenters. The Bertz CT molecular complexity index is 238. The molecule has 5 heteroatoms. The van der Waals surface area contributed by atoms with Crippen LogP contribution in [-0.2, 0) is 9.53 Å². The predicted octanol–water partition coefficient (Wildman–Crippen LogP) is -1.30. The monoisotopic (exact) mass is 200 g/mol. The first-order valence-corrected chi connectivity index (χ1v) is 4.96. The van der Waals surface area contributed by atoms with E-state index in [9.17, 15) is 9.90 Å². The van der Waals surface area contributed by atoms with Gasteiger partial charge in [-0.15, -0.1) is 0 Å². The SMILES string of the molecule is NC1(C(=O)N2CC[C@@H](O)C2)CCOC1. The van der Waals surface area contributed by atoms with Gasteiger partial charge in [-0.05, 0) is 12.8 Å². The molecule has 0 aromatic rings. The first kappa shape index (κ1) is 9.89. The minimum absolute atomic E-state index is 0.0773. The van der Waals surface area contributed by atoms with Gasteiger partial charge >= 0.3 is 0 Å². The number of carbonyl (C=O) groups excluding carboxylic acids is 1. The van der Waals surface area contributed by atoms with Crippen molar-refractivity contribution in [2.45, 2.75) is 24.5 Å². The zero-order valence-corrected chi connectivity index (χ0v) is 8.11. The van der Waals surface area contributed by atoms with Gasteiger partial charge in [0.2, 0.25) is 5.91 Å². The fourth-order valence-electron chi connectivity index (χ4n) is 1.99. The molecule has 0 aliphatic carbocycles. The van der Waals surface area contributed by atoms with E-state index < -0.39 is 5.54 Å². The van der Waals surface area contributed by atoms with Gasteiger partial charge in [-0.3, -0.25) is 4.79 Å². The molecule has 2 aliphatic heterocycles. The number of carbonyl (C=O) groups is 1. The largest absolute Gasteiger partial charge is 0.391 e. The zero-order chi connectivity index (χ0) is 10.2. The second kappa shape index (κ2) is 3.49. The smallest absolute Gasteiger partial charge is 0.245 e.